The number of aryl methyl sites for hydroxylation is 2. The van der Waals surface area contributed by atoms with Gasteiger partial charge in [0.15, 0.2) is 17.8 Å². The summed E-state index contributed by atoms with van der Waals surface area (Å²) in [6.07, 6.45) is 2.82. The fourth-order valence-electron chi connectivity index (χ4n) is 4.87. The summed E-state index contributed by atoms with van der Waals surface area (Å²) in [7, 11) is 0. The van der Waals surface area contributed by atoms with Crippen molar-refractivity contribution in [2.45, 2.75) is 46.5 Å². The standard InChI is InChI=1S/C25H28F2N4O5.2ClH/c1-4-29-11-17(25(35)36)24(34)16-7-19(26)22(20(27)21(16)29)31-6-5-30(13(2)9-31)10-15-8-28-14(3)23(33)18(15)12-32;;/h7-8,11,13,32-33H,4-6,9-10,12H2,1-3H3,(H,35,36);2*1H. The average Bonchev–Trinajstić information content (AvgIpc) is 2.83. The zero-order valence-electron chi connectivity index (χ0n) is 21.1. The number of hydrogen-bond donors (Lipinski definition) is 3. The highest BCUT2D eigenvalue weighted by molar-refractivity contribution is 5.93. The van der Waals surface area contributed by atoms with E-state index in [9.17, 15) is 24.9 Å². The molecular weight excluding hydrogens is 545 g/mol. The third-order valence-corrected chi connectivity index (χ3v) is 6.91. The SMILES string of the molecule is CCn1cc(C(=O)O)c(=O)c2cc(F)c(N3CCN(Cc4c[nH+]c(C)c(O)c4CO)C(C)C3)c(F)c21.Cl.[Cl-]. The highest BCUT2D eigenvalue weighted by atomic mass is 35.5. The fourth-order valence-corrected chi connectivity index (χ4v) is 4.87. The number of nitrogens with one attached hydrogen (secondary N) is 1. The number of aliphatic hydroxyl groups excluding tert-OH is 1. The zero-order chi connectivity index (χ0) is 26.3. The molecule has 0 saturated carbocycles. The number of benzene rings is 1. The third kappa shape index (κ3) is 5.42. The van der Waals surface area contributed by atoms with E-state index in [0.717, 1.165) is 17.8 Å². The summed E-state index contributed by atoms with van der Waals surface area (Å²) in [4.78, 5) is 30.7. The number of nitrogens with zero attached hydrogens (tertiary/aromatic N) is 3. The molecule has 0 amide bonds. The summed E-state index contributed by atoms with van der Waals surface area (Å²) < 4.78 is 32.3. The Balaban J connectivity index is 0.00000253. The van der Waals surface area contributed by atoms with Crippen LogP contribution in [0.5, 0.6) is 5.75 Å². The van der Waals surface area contributed by atoms with Crippen LogP contribution in [0.3, 0.4) is 0 Å². The van der Waals surface area contributed by atoms with Crippen LogP contribution in [0.25, 0.3) is 10.9 Å². The number of carboxylic acid groups (broad SMARTS) is 1. The van der Waals surface area contributed by atoms with Crippen LogP contribution in [0.2, 0.25) is 0 Å². The quantitative estimate of drug-likeness (QED) is 0.361. The molecule has 0 bridgehead atoms. The number of pyridine rings is 2. The van der Waals surface area contributed by atoms with Crippen molar-refractivity contribution in [1.82, 2.24) is 9.47 Å². The summed E-state index contributed by atoms with van der Waals surface area (Å²) in [5, 5.41) is 29.0. The molecule has 0 radical (unpaired) electrons. The van der Waals surface area contributed by atoms with Crippen molar-refractivity contribution in [1.29, 1.82) is 0 Å². The highest BCUT2D eigenvalue weighted by Gasteiger charge is 2.31. The minimum absolute atomic E-state index is 0. The van der Waals surface area contributed by atoms with Crippen LogP contribution in [0, 0.1) is 18.6 Å². The maximum atomic E-state index is 15.8. The molecule has 1 aromatic carbocycles. The van der Waals surface area contributed by atoms with Gasteiger partial charge in [0.05, 0.1) is 17.5 Å². The van der Waals surface area contributed by atoms with Gasteiger partial charge in [-0.25, -0.2) is 18.6 Å². The number of aromatic hydroxyl groups is 1. The lowest BCUT2D eigenvalue weighted by molar-refractivity contribution is -0.389. The van der Waals surface area contributed by atoms with E-state index in [1.807, 2.05) is 6.92 Å². The second-order valence-electron chi connectivity index (χ2n) is 9.07. The number of aliphatic hydroxyl groups is 1. The van der Waals surface area contributed by atoms with Gasteiger partial charge in [-0.2, -0.15) is 0 Å². The van der Waals surface area contributed by atoms with Crippen LogP contribution in [0.1, 0.15) is 41.0 Å². The van der Waals surface area contributed by atoms with Crippen molar-refractivity contribution >= 4 is 35.0 Å². The Morgan fingerprint density at radius 2 is 1.95 bits per heavy atom. The Morgan fingerprint density at radius 1 is 1.26 bits per heavy atom. The number of carbonyl (C=O) groups is 1. The normalized spacial score (nSPS) is 15.7. The Morgan fingerprint density at radius 3 is 2.53 bits per heavy atom. The summed E-state index contributed by atoms with van der Waals surface area (Å²) in [6.45, 7) is 6.63. The van der Waals surface area contributed by atoms with Crippen LogP contribution < -0.4 is 27.7 Å². The summed E-state index contributed by atoms with van der Waals surface area (Å²) in [5.41, 5.74) is -0.143. The number of carboxylic acids is 1. The van der Waals surface area contributed by atoms with E-state index < -0.39 is 28.6 Å². The van der Waals surface area contributed by atoms with Crippen LogP contribution in [0.4, 0.5) is 14.5 Å². The van der Waals surface area contributed by atoms with E-state index in [-0.39, 0.29) is 66.3 Å². The van der Waals surface area contributed by atoms with Crippen molar-refractivity contribution in [2.24, 2.45) is 0 Å². The molecular formula is C25H30Cl2F2N4O5. The van der Waals surface area contributed by atoms with Crippen molar-refractivity contribution in [3.63, 3.8) is 0 Å². The molecule has 4 N–H and O–H groups in total. The predicted octanol–water partition coefficient (Wildman–Crippen LogP) is -0.545. The van der Waals surface area contributed by atoms with E-state index in [1.54, 1.807) is 24.9 Å². The first-order chi connectivity index (χ1) is 17.1. The van der Waals surface area contributed by atoms with Gasteiger partial charge in [0.25, 0.3) is 0 Å². The Bertz CT molecular complexity index is 1420. The molecule has 2 aromatic heterocycles. The number of H-pyrrole nitrogens is 1. The second-order valence-corrected chi connectivity index (χ2v) is 9.07. The van der Waals surface area contributed by atoms with Gasteiger partial charge in [-0.1, -0.05) is 0 Å². The molecule has 208 valence electrons. The molecule has 3 aromatic rings. The Kier molecular flexibility index (Phi) is 10.1. The number of piperazine rings is 1. The lowest BCUT2D eigenvalue weighted by Gasteiger charge is -2.41. The zero-order valence-corrected chi connectivity index (χ0v) is 22.7. The minimum atomic E-state index is -1.46. The number of anilines is 1. The second kappa shape index (κ2) is 12.2. The number of rotatable bonds is 6. The van der Waals surface area contributed by atoms with Gasteiger partial charge in [0.2, 0.25) is 11.1 Å². The molecule has 4 rings (SSSR count). The molecule has 13 heteroatoms. The molecule has 1 fully saturated rings. The van der Waals surface area contributed by atoms with Gasteiger partial charge in [-0.05, 0) is 19.9 Å². The largest absolute Gasteiger partial charge is 1.00 e. The molecule has 3 heterocycles. The number of fused-ring (bicyclic) bond motifs is 1. The smallest absolute Gasteiger partial charge is 0.341 e. The number of aromatic amines is 1. The van der Waals surface area contributed by atoms with E-state index in [4.69, 9.17) is 0 Å². The lowest BCUT2D eigenvalue weighted by atomic mass is 10.0. The number of halogens is 4. The van der Waals surface area contributed by atoms with Crippen LogP contribution in [0.15, 0.2) is 23.3 Å². The van der Waals surface area contributed by atoms with Crippen LogP contribution >= 0.6 is 12.4 Å². The van der Waals surface area contributed by atoms with Gasteiger partial charge in [-0.15, -0.1) is 12.4 Å². The molecule has 1 aliphatic heterocycles. The molecule has 9 nitrogen and oxygen atoms in total. The molecule has 38 heavy (non-hydrogen) atoms. The third-order valence-electron chi connectivity index (χ3n) is 6.91. The monoisotopic (exact) mass is 574 g/mol. The number of aromatic nitrogens is 2. The Labute approximate surface area is 230 Å². The number of aromatic carboxylic acids is 1. The summed E-state index contributed by atoms with van der Waals surface area (Å²) in [5.74, 6) is -3.27. The molecule has 0 aliphatic carbocycles. The number of hydrogen-bond acceptors (Lipinski definition) is 6. The molecule has 1 saturated heterocycles. The van der Waals surface area contributed by atoms with Crippen LogP contribution in [-0.2, 0) is 19.7 Å². The maximum absolute atomic E-state index is 15.8. The van der Waals surface area contributed by atoms with Crippen molar-refractivity contribution in [3.8, 4) is 5.75 Å². The van der Waals surface area contributed by atoms with Gasteiger partial charge in [0, 0.05) is 63.0 Å². The van der Waals surface area contributed by atoms with Gasteiger partial charge < -0.3 is 37.2 Å². The van der Waals surface area contributed by atoms with E-state index in [0.29, 0.717) is 37.4 Å². The molecule has 1 atom stereocenters. The van der Waals surface area contributed by atoms with Crippen molar-refractivity contribution in [2.75, 3.05) is 24.5 Å². The molecule has 0 spiro atoms. The van der Waals surface area contributed by atoms with E-state index >= 15 is 8.78 Å². The van der Waals surface area contributed by atoms with Crippen molar-refractivity contribution < 1.29 is 46.3 Å². The molecule has 1 aliphatic rings. The lowest BCUT2D eigenvalue weighted by Crippen LogP contribution is -3.00. The fraction of sp³-hybridized carbons (Fsp3) is 0.400. The van der Waals surface area contributed by atoms with Crippen molar-refractivity contribution in [3.05, 3.63) is 62.7 Å². The summed E-state index contributed by atoms with van der Waals surface area (Å²) >= 11 is 0. The minimum Gasteiger partial charge on any atom is -1.00 e. The highest BCUT2D eigenvalue weighted by Crippen LogP contribution is 2.32. The van der Waals surface area contributed by atoms with E-state index in [2.05, 4.69) is 9.88 Å². The topological polar surface area (TPSA) is 120 Å². The van der Waals surface area contributed by atoms with Gasteiger partial charge in [-0.3, -0.25) is 9.69 Å². The first-order valence-electron chi connectivity index (χ1n) is 11.7. The van der Waals surface area contributed by atoms with Gasteiger partial charge >= 0.3 is 5.97 Å². The first-order valence-corrected chi connectivity index (χ1v) is 11.7. The summed E-state index contributed by atoms with van der Waals surface area (Å²) in [6, 6.07) is 0.787. The first kappa shape index (κ1) is 31.2. The van der Waals surface area contributed by atoms with E-state index in [1.165, 1.54) is 4.57 Å². The van der Waals surface area contributed by atoms with Gasteiger partial charge in [0.1, 0.15) is 17.1 Å². The maximum Gasteiger partial charge on any atom is 0.341 e. The Hall–Kier alpha value is -2.99. The predicted molar refractivity (Wildman–Crippen MR) is 135 cm³/mol. The molecule has 1 unspecified atom stereocenters. The average molecular weight is 575 g/mol. The van der Waals surface area contributed by atoms with Crippen LogP contribution in [-0.4, -0.2) is 56.4 Å².